The van der Waals surface area contributed by atoms with E-state index in [0.717, 1.165) is 11.5 Å². The maximum Gasteiger partial charge on any atom is 0.153 e. The van der Waals surface area contributed by atoms with Crippen molar-refractivity contribution in [3.05, 3.63) is 24.5 Å². The number of hydrogen-bond acceptors (Lipinski definition) is 3. The van der Waals surface area contributed by atoms with Crippen LogP contribution in [0.1, 0.15) is 19.3 Å². The van der Waals surface area contributed by atoms with Gasteiger partial charge in [-0.2, -0.15) is 0 Å². The fourth-order valence-electron chi connectivity index (χ4n) is 1.65. The number of fused-ring (bicyclic) bond motifs is 1. The molecule has 0 bridgehead atoms. The molecule has 0 aliphatic heterocycles. The van der Waals surface area contributed by atoms with Gasteiger partial charge in [-0.3, -0.25) is 0 Å². The van der Waals surface area contributed by atoms with Crippen LogP contribution in [0.2, 0.25) is 0 Å². The van der Waals surface area contributed by atoms with Crippen molar-refractivity contribution in [1.29, 1.82) is 0 Å². The molecule has 0 aromatic carbocycles. The van der Waals surface area contributed by atoms with Gasteiger partial charge in [0.25, 0.3) is 0 Å². The lowest BCUT2D eigenvalue weighted by Gasteiger charge is -2.26. The van der Waals surface area contributed by atoms with E-state index in [2.05, 4.69) is 15.4 Å². The highest BCUT2D eigenvalue weighted by Crippen LogP contribution is 2.22. The maximum atomic E-state index is 4.40. The first kappa shape index (κ1) is 7.79. The van der Waals surface area contributed by atoms with Gasteiger partial charge in [-0.15, -0.1) is 5.10 Å². The molecule has 4 heteroatoms. The van der Waals surface area contributed by atoms with Gasteiger partial charge in [0.1, 0.15) is 5.82 Å². The summed E-state index contributed by atoms with van der Waals surface area (Å²) in [5.41, 5.74) is 0.893. The van der Waals surface area contributed by atoms with E-state index in [-0.39, 0.29) is 0 Å². The average Bonchev–Trinajstić information content (AvgIpc) is 2.58. The molecule has 1 N–H and O–H groups in total. The predicted molar refractivity (Wildman–Crippen MR) is 54.2 cm³/mol. The van der Waals surface area contributed by atoms with Gasteiger partial charge in [0.05, 0.1) is 0 Å². The molecule has 0 atom stereocenters. The minimum atomic E-state index is 0.628. The third-order valence-corrected chi connectivity index (χ3v) is 2.71. The lowest BCUT2D eigenvalue weighted by atomic mass is 9.93. The Morgan fingerprint density at radius 3 is 3.07 bits per heavy atom. The molecule has 14 heavy (non-hydrogen) atoms. The molecular formula is C10H12N4. The molecule has 1 fully saturated rings. The molecular weight excluding hydrogens is 176 g/mol. The fraction of sp³-hybridized carbons (Fsp3) is 0.400. The standard InChI is InChI=1S/C10H12N4/c1-2-8(3-1)12-9-4-5-10-11-6-7-14(10)13-9/h4-8H,1-3H2,(H,12,13). The van der Waals surface area contributed by atoms with Gasteiger partial charge >= 0.3 is 0 Å². The lowest BCUT2D eigenvalue weighted by Crippen LogP contribution is -2.27. The largest absolute Gasteiger partial charge is 0.366 e. The highest BCUT2D eigenvalue weighted by Gasteiger charge is 2.17. The molecule has 0 radical (unpaired) electrons. The quantitative estimate of drug-likeness (QED) is 0.779. The topological polar surface area (TPSA) is 42.2 Å². The second kappa shape index (κ2) is 2.97. The van der Waals surface area contributed by atoms with Crippen molar-refractivity contribution in [2.24, 2.45) is 0 Å². The summed E-state index contributed by atoms with van der Waals surface area (Å²) in [7, 11) is 0. The molecule has 1 aliphatic rings. The zero-order valence-corrected chi connectivity index (χ0v) is 7.85. The summed E-state index contributed by atoms with van der Waals surface area (Å²) in [4.78, 5) is 4.15. The Labute approximate surface area is 82.0 Å². The summed E-state index contributed by atoms with van der Waals surface area (Å²) in [6, 6.07) is 4.60. The van der Waals surface area contributed by atoms with E-state index in [1.807, 2.05) is 18.3 Å². The molecule has 0 saturated heterocycles. The summed E-state index contributed by atoms with van der Waals surface area (Å²) >= 11 is 0. The van der Waals surface area contributed by atoms with E-state index >= 15 is 0 Å². The van der Waals surface area contributed by atoms with Crippen LogP contribution in [0.5, 0.6) is 0 Å². The number of nitrogens with zero attached hydrogens (tertiary/aromatic N) is 3. The first-order valence-electron chi connectivity index (χ1n) is 4.99. The van der Waals surface area contributed by atoms with Crippen LogP contribution in [0.15, 0.2) is 24.5 Å². The average molecular weight is 188 g/mol. The Bertz CT molecular complexity index is 444. The van der Waals surface area contributed by atoms with E-state index in [0.29, 0.717) is 6.04 Å². The third-order valence-electron chi connectivity index (χ3n) is 2.71. The molecule has 2 aromatic heterocycles. The second-order valence-corrected chi connectivity index (χ2v) is 3.72. The summed E-state index contributed by atoms with van der Waals surface area (Å²) < 4.78 is 1.79. The first-order valence-corrected chi connectivity index (χ1v) is 4.99. The van der Waals surface area contributed by atoms with Crippen molar-refractivity contribution in [3.63, 3.8) is 0 Å². The van der Waals surface area contributed by atoms with Gasteiger partial charge in [-0.05, 0) is 31.4 Å². The highest BCUT2D eigenvalue weighted by atomic mass is 15.3. The number of aromatic nitrogens is 3. The molecule has 2 heterocycles. The van der Waals surface area contributed by atoms with Gasteiger partial charge in [0.15, 0.2) is 5.65 Å². The van der Waals surface area contributed by atoms with Crippen LogP contribution in [-0.4, -0.2) is 20.6 Å². The van der Waals surface area contributed by atoms with Crippen LogP contribution >= 0.6 is 0 Å². The second-order valence-electron chi connectivity index (χ2n) is 3.72. The van der Waals surface area contributed by atoms with Crippen molar-refractivity contribution in [2.75, 3.05) is 5.32 Å². The molecule has 0 amide bonds. The molecule has 1 aliphatic carbocycles. The van der Waals surface area contributed by atoms with E-state index in [1.165, 1.54) is 19.3 Å². The van der Waals surface area contributed by atoms with E-state index < -0.39 is 0 Å². The molecule has 72 valence electrons. The van der Waals surface area contributed by atoms with Gasteiger partial charge in [0.2, 0.25) is 0 Å². The Kier molecular flexibility index (Phi) is 1.65. The molecule has 4 nitrogen and oxygen atoms in total. The van der Waals surface area contributed by atoms with Gasteiger partial charge in [-0.1, -0.05) is 0 Å². The summed E-state index contributed by atoms with van der Waals surface area (Å²) in [6.07, 6.45) is 7.50. The van der Waals surface area contributed by atoms with Crippen molar-refractivity contribution in [2.45, 2.75) is 25.3 Å². The van der Waals surface area contributed by atoms with E-state index in [4.69, 9.17) is 0 Å². The van der Waals surface area contributed by atoms with Crippen LogP contribution in [0.25, 0.3) is 5.65 Å². The number of imidazole rings is 1. The van der Waals surface area contributed by atoms with Gasteiger partial charge < -0.3 is 5.32 Å². The molecule has 0 unspecified atom stereocenters. The smallest absolute Gasteiger partial charge is 0.153 e. The Morgan fingerprint density at radius 1 is 1.36 bits per heavy atom. The summed E-state index contributed by atoms with van der Waals surface area (Å²) in [6.45, 7) is 0. The van der Waals surface area contributed by atoms with Crippen LogP contribution in [0, 0.1) is 0 Å². The van der Waals surface area contributed by atoms with Gasteiger partial charge in [0, 0.05) is 18.4 Å². The van der Waals surface area contributed by atoms with Gasteiger partial charge in [-0.25, -0.2) is 9.50 Å². The van der Waals surface area contributed by atoms with Crippen LogP contribution in [0.4, 0.5) is 5.82 Å². The van der Waals surface area contributed by atoms with Crippen molar-refractivity contribution in [1.82, 2.24) is 14.6 Å². The normalized spacial score (nSPS) is 16.9. The molecule has 1 saturated carbocycles. The zero-order valence-electron chi connectivity index (χ0n) is 7.85. The van der Waals surface area contributed by atoms with E-state index in [9.17, 15) is 0 Å². The highest BCUT2D eigenvalue weighted by molar-refractivity contribution is 5.44. The fourth-order valence-corrected chi connectivity index (χ4v) is 1.65. The van der Waals surface area contributed by atoms with Crippen molar-refractivity contribution < 1.29 is 0 Å². The Hall–Kier alpha value is -1.58. The number of rotatable bonds is 2. The zero-order chi connectivity index (χ0) is 9.38. The van der Waals surface area contributed by atoms with Crippen molar-refractivity contribution >= 4 is 11.5 Å². The van der Waals surface area contributed by atoms with Crippen LogP contribution in [0.3, 0.4) is 0 Å². The maximum absolute atomic E-state index is 4.40. The monoisotopic (exact) mass is 188 g/mol. The number of anilines is 1. The number of hydrogen-bond donors (Lipinski definition) is 1. The SMILES string of the molecule is c1cn2nc(NC3CCC3)ccc2n1. The summed E-state index contributed by atoms with van der Waals surface area (Å²) in [5.74, 6) is 0.945. The Morgan fingerprint density at radius 2 is 2.29 bits per heavy atom. The van der Waals surface area contributed by atoms with Crippen LogP contribution < -0.4 is 5.32 Å². The molecule has 3 rings (SSSR count). The summed E-state index contributed by atoms with van der Waals surface area (Å²) in [5, 5.41) is 7.80. The lowest BCUT2D eigenvalue weighted by molar-refractivity contribution is 0.444. The Balaban J connectivity index is 1.88. The molecule has 0 spiro atoms. The van der Waals surface area contributed by atoms with Crippen molar-refractivity contribution in [3.8, 4) is 0 Å². The molecule has 2 aromatic rings. The van der Waals surface area contributed by atoms with Crippen LogP contribution in [-0.2, 0) is 0 Å². The number of nitrogens with one attached hydrogen (secondary N) is 1. The minimum absolute atomic E-state index is 0.628. The minimum Gasteiger partial charge on any atom is -0.366 e. The first-order chi connectivity index (χ1) is 6.92. The predicted octanol–water partition coefficient (Wildman–Crippen LogP) is 1.69. The third kappa shape index (κ3) is 1.23. The van der Waals surface area contributed by atoms with E-state index in [1.54, 1.807) is 10.7 Å².